The monoisotopic (exact) mass is 413 g/mol. The molecular formula is C25H23N3O3. The molecule has 0 aliphatic carbocycles. The maximum Gasteiger partial charge on any atom is 0.256 e. The first-order chi connectivity index (χ1) is 15.1. The van der Waals surface area contributed by atoms with Gasteiger partial charge in [0.25, 0.3) is 5.91 Å². The summed E-state index contributed by atoms with van der Waals surface area (Å²) in [7, 11) is 1.54. The van der Waals surface area contributed by atoms with Crippen molar-refractivity contribution in [2.75, 3.05) is 7.11 Å². The molecule has 1 amide bonds. The van der Waals surface area contributed by atoms with Gasteiger partial charge in [-0.3, -0.25) is 9.59 Å². The maximum absolute atomic E-state index is 13.5. The number of H-pyrrole nitrogens is 1. The molecule has 0 bridgehead atoms. The highest BCUT2D eigenvalue weighted by Gasteiger charge is 2.24. The van der Waals surface area contributed by atoms with E-state index in [9.17, 15) is 9.59 Å². The first-order valence-electron chi connectivity index (χ1n) is 10.1. The van der Waals surface area contributed by atoms with Gasteiger partial charge in [0, 0.05) is 23.2 Å². The molecule has 2 heterocycles. The van der Waals surface area contributed by atoms with Crippen LogP contribution in [-0.4, -0.2) is 23.0 Å². The molecule has 0 saturated heterocycles. The number of fused-ring (bicyclic) bond motifs is 1. The van der Waals surface area contributed by atoms with E-state index in [1.807, 2.05) is 61.5 Å². The summed E-state index contributed by atoms with van der Waals surface area (Å²) in [5.74, 6) is 0.142. The van der Waals surface area contributed by atoms with E-state index in [1.54, 1.807) is 19.4 Å². The highest BCUT2D eigenvalue weighted by atomic mass is 16.5. The lowest BCUT2D eigenvalue weighted by atomic mass is 10.00. The van der Waals surface area contributed by atoms with Gasteiger partial charge in [0.05, 0.1) is 24.2 Å². The van der Waals surface area contributed by atoms with Gasteiger partial charge in [-0.15, -0.1) is 0 Å². The van der Waals surface area contributed by atoms with Gasteiger partial charge in [0.1, 0.15) is 5.69 Å². The van der Waals surface area contributed by atoms with E-state index >= 15 is 0 Å². The number of hydrogen-bond acceptors (Lipinski definition) is 4. The quantitative estimate of drug-likeness (QED) is 0.488. The lowest BCUT2D eigenvalue weighted by molar-refractivity contribution is 0.0934. The molecule has 1 atom stereocenters. The third-order valence-corrected chi connectivity index (χ3v) is 5.24. The van der Waals surface area contributed by atoms with Crippen LogP contribution in [0.5, 0.6) is 5.75 Å². The molecule has 6 heteroatoms. The normalized spacial score (nSPS) is 11.8. The molecule has 0 radical (unpaired) electrons. The number of rotatable bonds is 6. The molecule has 2 aromatic carbocycles. The highest BCUT2D eigenvalue weighted by molar-refractivity contribution is 6.10. The highest BCUT2D eigenvalue weighted by Crippen LogP contribution is 2.36. The van der Waals surface area contributed by atoms with Gasteiger partial charge < -0.3 is 15.0 Å². The molecule has 156 valence electrons. The lowest BCUT2D eigenvalue weighted by Crippen LogP contribution is -2.29. The van der Waals surface area contributed by atoms with Gasteiger partial charge >= 0.3 is 0 Å². The maximum atomic E-state index is 13.5. The van der Waals surface area contributed by atoms with Gasteiger partial charge in [0.15, 0.2) is 5.75 Å². The van der Waals surface area contributed by atoms with Crippen LogP contribution in [-0.2, 0) is 0 Å². The van der Waals surface area contributed by atoms with Crippen molar-refractivity contribution >= 4 is 16.8 Å². The SMILES string of the molecule is CCC(NC(=O)c1c(OC)c(-c2ccccc2)nc2ccccc12)c1cc[nH]c(=O)c1. The van der Waals surface area contributed by atoms with Crippen LogP contribution in [0.15, 0.2) is 77.7 Å². The van der Waals surface area contributed by atoms with E-state index in [-0.39, 0.29) is 17.5 Å². The van der Waals surface area contributed by atoms with E-state index in [0.717, 1.165) is 11.1 Å². The Morgan fingerprint density at radius 3 is 2.55 bits per heavy atom. The van der Waals surface area contributed by atoms with Gasteiger partial charge in [-0.05, 0) is 24.1 Å². The number of ether oxygens (including phenoxy) is 1. The summed E-state index contributed by atoms with van der Waals surface area (Å²) in [6, 6.07) is 20.1. The molecule has 6 nitrogen and oxygen atoms in total. The van der Waals surface area contributed by atoms with Gasteiger partial charge in [0.2, 0.25) is 5.56 Å². The van der Waals surface area contributed by atoms with Gasteiger partial charge in [-0.1, -0.05) is 55.5 Å². The van der Waals surface area contributed by atoms with E-state index in [0.29, 0.717) is 34.3 Å². The number of methoxy groups -OCH3 is 1. The molecule has 2 N–H and O–H groups in total. The summed E-state index contributed by atoms with van der Waals surface area (Å²) in [5, 5.41) is 3.78. The molecule has 31 heavy (non-hydrogen) atoms. The number of nitrogens with zero attached hydrogens (tertiary/aromatic N) is 1. The first-order valence-corrected chi connectivity index (χ1v) is 10.1. The second-order valence-electron chi connectivity index (χ2n) is 7.17. The summed E-state index contributed by atoms with van der Waals surface area (Å²) in [6.07, 6.45) is 2.22. The third-order valence-electron chi connectivity index (χ3n) is 5.24. The number of carbonyl (C=O) groups excluding carboxylic acids is 1. The minimum Gasteiger partial charge on any atom is -0.494 e. The summed E-state index contributed by atoms with van der Waals surface area (Å²) in [5.41, 5.74) is 3.15. The predicted octanol–water partition coefficient (Wildman–Crippen LogP) is 4.48. The van der Waals surface area contributed by atoms with Crippen LogP contribution < -0.4 is 15.6 Å². The Labute approximate surface area is 179 Å². The van der Waals surface area contributed by atoms with Crippen LogP contribution in [0.1, 0.15) is 35.3 Å². The van der Waals surface area contributed by atoms with E-state index < -0.39 is 0 Å². The predicted molar refractivity (Wildman–Crippen MR) is 121 cm³/mol. The summed E-state index contributed by atoms with van der Waals surface area (Å²) in [4.78, 5) is 32.7. The minimum atomic E-state index is -0.313. The first kappa shape index (κ1) is 20.3. The van der Waals surface area contributed by atoms with Crippen molar-refractivity contribution in [3.05, 3.63) is 94.4 Å². The number of hydrogen-bond donors (Lipinski definition) is 2. The molecule has 0 aliphatic rings. The van der Waals surface area contributed by atoms with Crippen molar-refractivity contribution in [2.45, 2.75) is 19.4 Å². The fraction of sp³-hybridized carbons (Fsp3) is 0.160. The van der Waals surface area contributed by atoms with E-state index in [1.165, 1.54) is 6.07 Å². The number of pyridine rings is 2. The van der Waals surface area contributed by atoms with Crippen LogP contribution in [0.4, 0.5) is 0 Å². The van der Waals surface area contributed by atoms with Crippen LogP contribution in [0.3, 0.4) is 0 Å². The molecule has 0 fully saturated rings. The molecule has 0 spiro atoms. The Morgan fingerprint density at radius 2 is 1.84 bits per heavy atom. The largest absolute Gasteiger partial charge is 0.494 e. The fourth-order valence-electron chi connectivity index (χ4n) is 3.74. The number of benzene rings is 2. The fourth-order valence-corrected chi connectivity index (χ4v) is 3.74. The minimum absolute atomic E-state index is 0.205. The molecule has 0 saturated carbocycles. The third kappa shape index (κ3) is 4.05. The number of nitrogens with one attached hydrogen (secondary N) is 2. The Hall–Kier alpha value is -3.93. The smallest absolute Gasteiger partial charge is 0.256 e. The zero-order chi connectivity index (χ0) is 21.8. The van der Waals surface area contributed by atoms with Crippen molar-refractivity contribution < 1.29 is 9.53 Å². The zero-order valence-corrected chi connectivity index (χ0v) is 17.4. The average Bonchev–Trinajstić information content (AvgIpc) is 2.81. The standard InChI is InChI=1S/C25H23N3O3/c1-3-19(17-13-14-26-21(29)15-17)28-25(30)22-18-11-7-8-12-20(18)27-23(24(22)31-2)16-9-5-4-6-10-16/h4-15,19H,3H2,1-2H3,(H,26,29)(H,28,30). The van der Waals surface area contributed by atoms with E-state index in [2.05, 4.69) is 10.3 Å². The summed E-state index contributed by atoms with van der Waals surface area (Å²) in [6.45, 7) is 1.96. The van der Waals surface area contributed by atoms with Crippen LogP contribution >= 0.6 is 0 Å². The van der Waals surface area contributed by atoms with E-state index in [4.69, 9.17) is 9.72 Å². The van der Waals surface area contributed by atoms with Crippen molar-refractivity contribution in [1.82, 2.24) is 15.3 Å². The summed E-state index contributed by atoms with van der Waals surface area (Å²) >= 11 is 0. The van der Waals surface area contributed by atoms with Crippen molar-refractivity contribution in [2.24, 2.45) is 0 Å². The number of aromatic nitrogens is 2. The molecule has 1 unspecified atom stereocenters. The Kier molecular flexibility index (Phi) is 5.80. The van der Waals surface area contributed by atoms with Crippen LogP contribution in [0.25, 0.3) is 22.2 Å². The van der Waals surface area contributed by atoms with Crippen molar-refractivity contribution in [3.8, 4) is 17.0 Å². The number of para-hydroxylation sites is 1. The lowest BCUT2D eigenvalue weighted by Gasteiger charge is -2.20. The number of carbonyl (C=O) groups is 1. The molecular weight excluding hydrogens is 390 g/mol. The Bertz CT molecular complexity index is 1280. The number of amides is 1. The number of aromatic amines is 1. The van der Waals surface area contributed by atoms with Crippen molar-refractivity contribution in [1.29, 1.82) is 0 Å². The average molecular weight is 413 g/mol. The Balaban J connectivity index is 1.85. The molecule has 4 rings (SSSR count). The van der Waals surface area contributed by atoms with Crippen LogP contribution in [0.2, 0.25) is 0 Å². The zero-order valence-electron chi connectivity index (χ0n) is 17.4. The second-order valence-corrected chi connectivity index (χ2v) is 7.17. The molecule has 0 aliphatic heterocycles. The van der Waals surface area contributed by atoms with Crippen molar-refractivity contribution in [3.63, 3.8) is 0 Å². The second kappa shape index (κ2) is 8.83. The molecule has 4 aromatic rings. The van der Waals surface area contributed by atoms with Gasteiger partial charge in [-0.25, -0.2) is 4.98 Å². The summed E-state index contributed by atoms with van der Waals surface area (Å²) < 4.78 is 5.72. The van der Waals surface area contributed by atoms with Gasteiger partial charge in [-0.2, -0.15) is 0 Å². The topological polar surface area (TPSA) is 84.1 Å². The van der Waals surface area contributed by atoms with Crippen LogP contribution in [0, 0.1) is 0 Å². The molecule has 2 aromatic heterocycles. The Morgan fingerprint density at radius 1 is 1.10 bits per heavy atom.